The van der Waals surface area contributed by atoms with E-state index in [4.69, 9.17) is 4.74 Å². The van der Waals surface area contributed by atoms with Gasteiger partial charge in [-0.05, 0) is 36.1 Å². The van der Waals surface area contributed by atoms with Gasteiger partial charge in [-0.2, -0.15) is 5.10 Å². The summed E-state index contributed by atoms with van der Waals surface area (Å²) in [5, 5.41) is 6.36. The number of fused-ring (bicyclic) bond motifs is 1. The number of methoxy groups -OCH3 is 1. The number of pyridine rings is 1. The van der Waals surface area contributed by atoms with Crippen LogP contribution < -0.4 is 10.2 Å². The molecule has 1 aromatic heterocycles. The van der Waals surface area contributed by atoms with Gasteiger partial charge >= 0.3 is 0 Å². The minimum atomic E-state index is 0.723. The predicted octanol–water partition coefficient (Wildman–Crippen LogP) is 4.00. The maximum Gasteiger partial charge on any atom is 0.154 e. The number of anilines is 1. The van der Waals surface area contributed by atoms with Gasteiger partial charge in [0.15, 0.2) is 5.82 Å². The van der Waals surface area contributed by atoms with Crippen molar-refractivity contribution in [2.24, 2.45) is 5.10 Å². The maximum atomic E-state index is 5.29. The fraction of sp³-hybridized carbons (Fsp3) is 0.111. The summed E-state index contributed by atoms with van der Waals surface area (Å²) in [4.78, 5) is 4.53. The largest absolute Gasteiger partial charge is 0.497 e. The number of nitrogens with one attached hydrogen (secondary N) is 1. The van der Waals surface area contributed by atoms with Gasteiger partial charge in [-0.3, -0.25) is 5.43 Å². The monoisotopic (exact) mass is 291 g/mol. The van der Waals surface area contributed by atoms with Gasteiger partial charge in [0.25, 0.3) is 0 Å². The Morgan fingerprint density at radius 2 is 1.91 bits per heavy atom. The second-order valence-electron chi connectivity index (χ2n) is 4.98. The van der Waals surface area contributed by atoms with Crippen molar-refractivity contribution < 1.29 is 4.74 Å². The fourth-order valence-corrected chi connectivity index (χ4v) is 2.28. The molecule has 0 amide bonds. The van der Waals surface area contributed by atoms with E-state index in [1.807, 2.05) is 61.5 Å². The van der Waals surface area contributed by atoms with Crippen LogP contribution in [0, 0.1) is 6.92 Å². The highest BCUT2D eigenvalue weighted by molar-refractivity contribution is 5.93. The topological polar surface area (TPSA) is 46.5 Å². The Kier molecular flexibility index (Phi) is 4.01. The number of benzene rings is 2. The van der Waals surface area contributed by atoms with E-state index in [1.165, 1.54) is 0 Å². The third-order valence-electron chi connectivity index (χ3n) is 3.35. The molecule has 4 heteroatoms. The molecule has 0 saturated heterocycles. The Bertz CT molecular complexity index is 813. The molecule has 1 heterocycles. The zero-order chi connectivity index (χ0) is 15.4. The fourth-order valence-electron chi connectivity index (χ4n) is 2.28. The summed E-state index contributed by atoms with van der Waals surface area (Å²) >= 11 is 0. The number of ether oxygens (including phenoxy) is 1. The smallest absolute Gasteiger partial charge is 0.154 e. The van der Waals surface area contributed by atoms with Crippen LogP contribution in [0.25, 0.3) is 10.8 Å². The number of nitrogens with zero attached hydrogens (tertiary/aromatic N) is 2. The van der Waals surface area contributed by atoms with E-state index in [0.29, 0.717) is 0 Å². The standard InChI is InChI=1S/C18H17N3O/c1-13-10-15-8-9-16(22-2)11-17(15)18(20-13)21-19-12-14-6-4-3-5-7-14/h3-12H,1-2H3,(H,20,21)/b19-12+. The van der Waals surface area contributed by atoms with Crippen LogP contribution in [0.1, 0.15) is 11.3 Å². The molecule has 0 saturated carbocycles. The summed E-state index contributed by atoms with van der Waals surface area (Å²) in [5.74, 6) is 1.52. The molecule has 22 heavy (non-hydrogen) atoms. The lowest BCUT2D eigenvalue weighted by Gasteiger charge is -2.08. The Labute approximate surface area is 129 Å². The molecule has 0 bridgehead atoms. The summed E-state index contributed by atoms with van der Waals surface area (Å²) < 4.78 is 5.29. The third kappa shape index (κ3) is 3.06. The van der Waals surface area contributed by atoms with Crippen LogP contribution in [-0.4, -0.2) is 18.3 Å². The SMILES string of the molecule is COc1ccc2cc(C)nc(N/N=C/c3ccccc3)c2c1. The molecule has 0 aliphatic rings. The number of aryl methyl sites for hydroxylation is 1. The van der Waals surface area contributed by atoms with Crippen molar-refractivity contribution in [1.82, 2.24) is 4.98 Å². The van der Waals surface area contributed by atoms with Crippen LogP contribution in [0.5, 0.6) is 5.75 Å². The highest BCUT2D eigenvalue weighted by Gasteiger charge is 2.05. The van der Waals surface area contributed by atoms with Crippen LogP contribution in [0.3, 0.4) is 0 Å². The van der Waals surface area contributed by atoms with Crippen LogP contribution in [0.15, 0.2) is 59.7 Å². The third-order valence-corrected chi connectivity index (χ3v) is 3.35. The normalized spacial score (nSPS) is 11.0. The molecule has 0 spiro atoms. The van der Waals surface area contributed by atoms with Gasteiger partial charge in [-0.15, -0.1) is 0 Å². The van der Waals surface area contributed by atoms with Gasteiger partial charge in [0.2, 0.25) is 0 Å². The Morgan fingerprint density at radius 1 is 1.09 bits per heavy atom. The van der Waals surface area contributed by atoms with Crippen molar-refractivity contribution in [3.05, 3.63) is 65.9 Å². The van der Waals surface area contributed by atoms with Crippen LogP contribution in [-0.2, 0) is 0 Å². The molecule has 0 fully saturated rings. The lowest BCUT2D eigenvalue weighted by Crippen LogP contribution is -1.97. The zero-order valence-electron chi connectivity index (χ0n) is 12.6. The highest BCUT2D eigenvalue weighted by atomic mass is 16.5. The van der Waals surface area contributed by atoms with Crippen LogP contribution in [0.2, 0.25) is 0 Å². The molecule has 110 valence electrons. The van der Waals surface area contributed by atoms with Crippen molar-refractivity contribution in [3.8, 4) is 5.75 Å². The summed E-state index contributed by atoms with van der Waals surface area (Å²) in [6.45, 7) is 1.97. The molecule has 3 rings (SSSR count). The lowest BCUT2D eigenvalue weighted by atomic mass is 10.1. The average molecular weight is 291 g/mol. The zero-order valence-corrected chi connectivity index (χ0v) is 12.6. The minimum absolute atomic E-state index is 0.723. The van der Waals surface area contributed by atoms with Gasteiger partial charge in [0.05, 0.1) is 13.3 Å². The highest BCUT2D eigenvalue weighted by Crippen LogP contribution is 2.26. The van der Waals surface area contributed by atoms with E-state index >= 15 is 0 Å². The van der Waals surface area contributed by atoms with Crippen LogP contribution in [0.4, 0.5) is 5.82 Å². The Balaban J connectivity index is 1.93. The van der Waals surface area contributed by atoms with E-state index in [-0.39, 0.29) is 0 Å². The first-order chi connectivity index (χ1) is 10.8. The first-order valence-electron chi connectivity index (χ1n) is 7.06. The Hall–Kier alpha value is -2.88. The summed E-state index contributed by atoms with van der Waals surface area (Å²) in [7, 11) is 1.66. The summed E-state index contributed by atoms with van der Waals surface area (Å²) in [5.41, 5.74) is 5.00. The van der Waals surface area contributed by atoms with E-state index in [9.17, 15) is 0 Å². The number of rotatable bonds is 4. The van der Waals surface area contributed by atoms with Gasteiger partial charge in [-0.1, -0.05) is 36.4 Å². The Morgan fingerprint density at radius 3 is 2.68 bits per heavy atom. The lowest BCUT2D eigenvalue weighted by molar-refractivity contribution is 0.415. The number of hydrogen-bond donors (Lipinski definition) is 1. The van der Waals surface area contributed by atoms with Gasteiger partial charge in [0.1, 0.15) is 5.75 Å². The molecule has 1 N–H and O–H groups in total. The van der Waals surface area contributed by atoms with E-state index in [1.54, 1.807) is 13.3 Å². The predicted molar refractivity (Wildman–Crippen MR) is 90.7 cm³/mol. The van der Waals surface area contributed by atoms with Crippen molar-refractivity contribution in [2.75, 3.05) is 12.5 Å². The van der Waals surface area contributed by atoms with Gasteiger partial charge in [0, 0.05) is 11.1 Å². The quantitative estimate of drug-likeness (QED) is 0.584. The minimum Gasteiger partial charge on any atom is -0.497 e. The van der Waals surface area contributed by atoms with E-state index in [0.717, 1.165) is 33.6 Å². The van der Waals surface area contributed by atoms with Gasteiger partial charge in [-0.25, -0.2) is 4.98 Å². The maximum absolute atomic E-state index is 5.29. The van der Waals surface area contributed by atoms with E-state index < -0.39 is 0 Å². The first kappa shape index (κ1) is 14.1. The molecule has 0 unspecified atom stereocenters. The number of hydrazone groups is 1. The molecule has 2 aromatic carbocycles. The summed E-state index contributed by atoms with van der Waals surface area (Å²) in [6, 6.07) is 17.9. The van der Waals surface area contributed by atoms with Gasteiger partial charge < -0.3 is 4.74 Å². The molecule has 3 aromatic rings. The average Bonchev–Trinajstić information content (AvgIpc) is 2.55. The molecule has 0 aliphatic heterocycles. The van der Waals surface area contributed by atoms with Crippen molar-refractivity contribution in [2.45, 2.75) is 6.92 Å². The van der Waals surface area contributed by atoms with E-state index in [2.05, 4.69) is 15.5 Å². The summed E-state index contributed by atoms with van der Waals surface area (Å²) in [6.07, 6.45) is 1.77. The first-order valence-corrected chi connectivity index (χ1v) is 7.06. The molecule has 0 radical (unpaired) electrons. The van der Waals surface area contributed by atoms with Crippen LogP contribution >= 0.6 is 0 Å². The molecule has 4 nitrogen and oxygen atoms in total. The number of hydrogen-bond acceptors (Lipinski definition) is 4. The molecule has 0 aliphatic carbocycles. The van der Waals surface area contributed by atoms with Crippen molar-refractivity contribution in [3.63, 3.8) is 0 Å². The molecular formula is C18H17N3O. The molecule has 0 atom stereocenters. The van der Waals surface area contributed by atoms with Crippen molar-refractivity contribution >= 4 is 22.8 Å². The molecular weight excluding hydrogens is 274 g/mol. The second kappa shape index (κ2) is 6.26. The van der Waals surface area contributed by atoms with Crippen molar-refractivity contribution in [1.29, 1.82) is 0 Å². The number of aromatic nitrogens is 1. The second-order valence-corrected chi connectivity index (χ2v) is 4.98.